The Labute approximate surface area is 186 Å². The van der Waals surface area contributed by atoms with Crippen LogP contribution in [0.4, 0.5) is 22.0 Å². The molecule has 1 unspecified atom stereocenters. The molecule has 3 aromatic rings. The average Bonchev–Trinajstić information content (AvgIpc) is 3.23. The van der Waals surface area contributed by atoms with Gasteiger partial charge in [-0.05, 0) is 55.5 Å². The Morgan fingerprint density at radius 2 is 1.64 bits per heavy atom. The number of halogens is 5. The van der Waals surface area contributed by atoms with Gasteiger partial charge in [-0.3, -0.25) is 0 Å². The van der Waals surface area contributed by atoms with Gasteiger partial charge in [-0.2, -0.15) is 13.2 Å². The van der Waals surface area contributed by atoms with Gasteiger partial charge in [0.1, 0.15) is 47.1 Å². The van der Waals surface area contributed by atoms with E-state index in [1.54, 1.807) is 25.1 Å². The Morgan fingerprint density at radius 3 is 2.27 bits per heavy atom. The number of nitrogens with zero attached hydrogens (tertiary/aromatic N) is 1. The Kier molecular flexibility index (Phi) is 6.22. The third kappa shape index (κ3) is 4.92. The number of hydrogen-bond donors (Lipinski definition) is 0. The smallest absolute Gasteiger partial charge is 0.416 e. The first-order chi connectivity index (χ1) is 15.8. The van der Waals surface area contributed by atoms with Crippen molar-refractivity contribution >= 4 is 5.90 Å². The molecule has 0 saturated heterocycles. The van der Waals surface area contributed by atoms with Gasteiger partial charge in [0, 0.05) is 11.6 Å². The molecule has 0 radical (unpaired) electrons. The van der Waals surface area contributed by atoms with Crippen LogP contribution in [-0.2, 0) is 10.9 Å². The number of aliphatic imine (C=N–C) groups is 1. The monoisotopic (exact) mass is 463 g/mol. The van der Waals surface area contributed by atoms with Crippen LogP contribution >= 0.6 is 0 Å². The molecule has 172 valence electrons. The second-order valence-corrected chi connectivity index (χ2v) is 7.11. The lowest BCUT2D eigenvalue weighted by atomic mass is 10.1. The van der Waals surface area contributed by atoms with Gasteiger partial charge in [0.15, 0.2) is 0 Å². The molecule has 1 heterocycles. The van der Waals surface area contributed by atoms with E-state index in [0.717, 1.165) is 24.3 Å². The molecule has 0 fully saturated rings. The molecule has 0 amide bonds. The van der Waals surface area contributed by atoms with E-state index in [0.29, 0.717) is 23.7 Å². The van der Waals surface area contributed by atoms with Gasteiger partial charge in [0.05, 0.1) is 12.2 Å². The number of benzene rings is 3. The van der Waals surface area contributed by atoms with Crippen molar-refractivity contribution in [2.24, 2.45) is 4.99 Å². The lowest BCUT2D eigenvalue weighted by molar-refractivity contribution is -0.137. The van der Waals surface area contributed by atoms with Crippen molar-refractivity contribution in [3.05, 3.63) is 89.0 Å². The third-order valence-electron chi connectivity index (χ3n) is 4.89. The fraction of sp³-hybridized carbons (Fsp3) is 0.208. The van der Waals surface area contributed by atoms with Gasteiger partial charge < -0.3 is 14.2 Å². The van der Waals surface area contributed by atoms with Crippen molar-refractivity contribution in [2.45, 2.75) is 19.1 Å². The van der Waals surface area contributed by atoms with Crippen LogP contribution in [0.5, 0.6) is 17.2 Å². The summed E-state index contributed by atoms with van der Waals surface area (Å²) in [4.78, 5) is 4.33. The van der Waals surface area contributed by atoms with Crippen molar-refractivity contribution in [3.8, 4) is 17.2 Å². The van der Waals surface area contributed by atoms with Gasteiger partial charge in [0.25, 0.3) is 0 Å². The van der Waals surface area contributed by atoms with E-state index in [9.17, 15) is 22.0 Å². The number of rotatable bonds is 6. The molecule has 0 aromatic heterocycles. The van der Waals surface area contributed by atoms with Crippen LogP contribution in [-0.4, -0.2) is 19.1 Å². The molecule has 1 atom stereocenters. The molecule has 3 aromatic carbocycles. The second kappa shape index (κ2) is 9.09. The minimum atomic E-state index is -4.43. The molecule has 1 aliphatic heterocycles. The zero-order valence-corrected chi connectivity index (χ0v) is 17.3. The van der Waals surface area contributed by atoms with Crippen LogP contribution in [0.25, 0.3) is 0 Å². The second-order valence-electron chi connectivity index (χ2n) is 7.11. The maximum absolute atomic E-state index is 14.1. The van der Waals surface area contributed by atoms with E-state index in [1.165, 1.54) is 18.2 Å². The first-order valence-corrected chi connectivity index (χ1v) is 10.0. The fourth-order valence-corrected chi connectivity index (χ4v) is 3.35. The maximum atomic E-state index is 14.1. The van der Waals surface area contributed by atoms with Gasteiger partial charge in [0.2, 0.25) is 5.90 Å². The van der Waals surface area contributed by atoms with Crippen LogP contribution in [0, 0.1) is 11.6 Å². The molecule has 4 rings (SSSR count). The summed E-state index contributed by atoms with van der Waals surface area (Å²) in [6, 6.07) is 12.1. The van der Waals surface area contributed by atoms with Crippen molar-refractivity contribution < 1.29 is 36.2 Å². The lowest BCUT2D eigenvalue weighted by Crippen LogP contribution is -2.07. The largest absolute Gasteiger partial charge is 0.493 e. The van der Waals surface area contributed by atoms with Crippen molar-refractivity contribution in [2.75, 3.05) is 13.2 Å². The minimum Gasteiger partial charge on any atom is -0.493 e. The Hall–Kier alpha value is -3.62. The predicted octanol–water partition coefficient (Wildman–Crippen LogP) is 6.69. The average molecular weight is 463 g/mol. The molecular formula is C24H18F5NO3. The zero-order chi connectivity index (χ0) is 23.6. The molecule has 0 N–H and O–H groups in total. The van der Waals surface area contributed by atoms with E-state index in [4.69, 9.17) is 14.2 Å². The third-order valence-corrected chi connectivity index (χ3v) is 4.89. The highest BCUT2D eigenvalue weighted by Crippen LogP contribution is 2.37. The molecule has 4 nitrogen and oxygen atoms in total. The molecule has 33 heavy (non-hydrogen) atoms. The number of ether oxygens (including phenoxy) is 3. The van der Waals surface area contributed by atoms with E-state index in [1.807, 2.05) is 0 Å². The molecular weight excluding hydrogens is 445 g/mol. The SMILES string of the molecule is CCOc1cc(Oc2ccc(C(F)(F)F)cc2)ccc1C1COC(c2c(F)cccc2F)=N1. The summed E-state index contributed by atoms with van der Waals surface area (Å²) in [5.74, 6) is -0.722. The molecule has 0 bridgehead atoms. The first-order valence-electron chi connectivity index (χ1n) is 10.0. The summed E-state index contributed by atoms with van der Waals surface area (Å²) >= 11 is 0. The number of alkyl halides is 3. The molecule has 0 aliphatic carbocycles. The molecule has 1 aliphatic rings. The van der Waals surface area contributed by atoms with Crippen LogP contribution in [0.1, 0.15) is 29.7 Å². The Balaban J connectivity index is 1.58. The van der Waals surface area contributed by atoms with Crippen molar-refractivity contribution in [1.82, 2.24) is 0 Å². The highest BCUT2D eigenvalue weighted by molar-refractivity contribution is 5.95. The summed E-state index contributed by atoms with van der Waals surface area (Å²) in [5, 5.41) is 0. The maximum Gasteiger partial charge on any atom is 0.416 e. The van der Waals surface area contributed by atoms with Gasteiger partial charge >= 0.3 is 6.18 Å². The predicted molar refractivity (Wildman–Crippen MR) is 111 cm³/mol. The molecule has 0 spiro atoms. The van der Waals surface area contributed by atoms with Crippen molar-refractivity contribution in [1.29, 1.82) is 0 Å². The topological polar surface area (TPSA) is 40.0 Å². The summed E-state index contributed by atoms with van der Waals surface area (Å²) < 4.78 is 83.2. The number of hydrogen-bond acceptors (Lipinski definition) is 4. The minimum absolute atomic E-state index is 0.0578. The standard InChI is InChI=1S/C24H18F5NO3/c1-2-31-21-12-16(33-15-8-6-14(7-9-15)24(27,28)29)10-11-17(21)20-13-32-23(30-20)22-18(25)4-3-5-19(22)26/h3-12,20H,2,13H2,1H3. The quantitative estimate of drug-likeness (QED) is 0.382. The molecule has 0 saturated carbocycles. The van der Waals surface area contributed by atoms with Gasteiger partial charge in [-0.1, -0.05) is 6.07 Å². The molecule has 9 heteroatoms. The van der Waals surface area contributed by atoms with Crippen molar-refractivity contribution in [3.63, 3.8) is 0 Å². The normalized spacial score (nSPS) is 15.7. The highest BCUT2D eigenvalue weighted by atomic mass is 19.4. The summed E-state index contributed by atoms with van der Waals surface area (Å²) in [7, 11) is 0. The summed E-state index contributed by atoms with van der Waals surface area (Å²) in [6.45, 7) is 2.16. The first kappa shape index (κ1) is 22.6. The van der Waals surface area contributed by atoms with E-state index < -0.39 is 29.4 Å². The van der Waals surface area contributed by atoms with Crippen LogP contribution in [0.2, 0.25) is 0 Å². The zero-order valence-electron chi connectivity index (χ0n) is 17.3. The van der Waals surface area contributed by atoms with Crippen LogP contribution in [0.3, 0.4) is 0 Å². The van der Waals surface area contributed by atoms with Gasteiger partial charge in [-0.15, -0.1) is 0 Å². The van der Waals surface area contributed by atoms with Gasteiger partial charge in [-0.25, -0.2) is 13.8 Å². The van der Waals surface area contributed by atoms with E-state index in [2.05, 4.69) is 4.99 Å². The lowest BCUT2D eigenvalue weighted by Gasteiger charge is -2.15. The summed E-state index contributed by atoms with van der Waals surface area (Å²) in [6.07, 6.45) is -4.43. The van der Waals surface area contributed by atoms with Crippen LogP contribution < -0.4 is 9.47 Å². The van der Waals surface area contributed by atoms with Crippen LogP contribution in [0.15, 0.2) is 65.7 Å². The fourth-order valence-electron chi connectivity index (χ4n) is 3.35. The van der Waals surface area contributed by atoms with E-state index >= 15 is 0 Å². The van der Waals surface area contributed by atoms with E-state index in [-0.39, 0.29) is 23.8 Å². The highest BCUT2D eigenvalue weighted by Gasteiger charge is 2.30. The Bertz CT molecular complexity index is 1160. The Morgan fingerprint density at radius 1 is 0.970 bits per heavy atom. The summed E-state index contributed by atoms with van der Waals surface area (Å²) in [5.41, 5.74) is -0.495.